The van der Waals surface area contributed by atoms with Crippen LogP contribution in [-0.4, -0.2) is 36.4 Å². The number of hydrogen-bond donors (Lipinski definition) is 3. The average molecular weight is 297 g/mol. The number of nitrogens with zero attached hydrogens (tertiary/aromatic N) is 1. The molecule has 0 aromatic carbocycles. The van der Waals surface area contributed by atoms with Gasteiger partial charge in [-0.05, 0) is 25.0 Å². The van der Waals surface area contributed by atoms with Crippen molar-refractivity contribution in [3.63, 3.8) is 0 Å². The molecule has 0 radical (unpaired) electrons. The Balaban J connectivity index is 1.83. The van der Waals surface area contributed by atoms with Crippen LogP contribution in [0.4, 0.5) is 5.82 Å². The Kier molecular flexibility index (Phi) is 4.79. The number of nitrogens with one attached hydrogen (secondary N) is 3. The van der Waals surface area contributed by atoms with Crippen molar-refractivity contribution in [2.45, 2.75) is 25.3 Å². The summed E-state index contributed by atoms with van der Waals surface area (Å²) >= 11 is 5.94. The van der Waals surface area contributed by atoms with Gasteiger partial charge in [-0.15, -0.1) is 0 Å². The van der Waals surface area contributed by atoms with E-state index in [2.05, 4.69) is 20.9 Å². The van der Waals surface area contributed by atoms with Crippen LogP contribution in [0.2, 0.25) is 5.02 Å². The average Bonchev–Trinajstić information content (AvgIpc) is 3.23. The van der Waals surface area contributed by atoms with Gasteiger partial charge in [0, 0.05) is 26.1 Å². The zero-order valence-corrected chi connectivity index (χ0v) is 12.0. The molecule has 6 nitrogen and oxygen atoms in total. The molecule has 1 aromatic heterocycles. The second kappa shape index (κ2) is 6.56. The van der Waals surface area contributed by atoms with Crippen LogP contribution in [0.3, 0.4) is 0 Å². The number of halogens is 1. The zero-order valence-electron chi connectivity index (χ0n) is 11.2. The van der Waals surface area contributed by atoms with Crippen LogP contribution in [0.5, 0.6) is 0 Å². The summed E-state index contributed by atoms with van der Waals surface area (Å²) in [7, 11) is 1.71. The first-order chi connectivity index (χ1) is 9.60. The molecule has 7 heteroatoms. The maximum Gasteiger partial charge on any atom is 0.271 e. The molecule has 1 heterocycles. The second-order valence-electron chi connectivity index (χ2n) is 4.62. The molecule has 0 saturated heterocycles. The third-order valence-electron chi connectivity index (χ3n) is 2.90. The van der Waals surface area contributed by atoms with Gasteiger partial charge in [0.2, 0.25) is 5.91 Å². The summed E-state index contributed by atoms with van der Waals surface area (Å²) in [5.41, 5.74) is 0.154. The summed E-state index contributed by atoms with van der Waals surface area (Å²) in [4.78, 5) is 27.5. The highest BCUT2D eigenvalue weighted by molar-refractivity contribution is 6.33. The Bertz CT molecular complexity index is 517. The van der Waals surface area contributed by atoms with Crippen molar-refractivity contribution in [2.24, 2.45) is 0 Å². The van der Waals surface area contributed by atoms with E-state index >= 15 is 0 Å². The first-order valence-corrected chi connectivity index (χ1v) is 6.90. The molecule has 1 fully saturated rings. The molecule has 2 rings (SSSR count). The van der Waals surface area contributed by atoms with Crippen LogP contribution in [0.25, 0.3) is 0 Å². The SMILES string of the molecule is CNc1ccc(Cl)c(C(=O)NCCC(=O)NC2CC2)n1. The fraction of sp³-hybridized carbons (Fsp3) is 0.462. The van der Waals surface area contributed by atoms with E-state index in [9.17, 15) is 9.59 Å². The minimum absolute atomic E-state index is 0.0455. The van der Waals surface area contributed by atoms with E-state index in [-0.39, 0.29) is 35.5 Å². The van der Waals surface area contributed by atoms with E-state index in [1.54, 1.807) is 19.2 Å². The Morgan fingerprint density at radius 3 is 2.80 bits per heavy atom. The molecule has 0 aliphatic heterocycles. The lowest BCUT2D eigenvalue weighted by atomic mass is 10.3. The molecule has 0 bridgehead atoms. The molecule has 1 aliphatic rings. The van der Waals surface area contributed by atoms with Crippen molar-refractivity contribution in [1.29, 1.82) is 0 Å². The van der Waals surface area contributed by atoms with Gasteiger partial charge in [0.1, 0.15) is 11.5 Å². The fourth-order valence-electron chi connectivity index (χ4n) is 1.64. The van der Waals surface area contributed by atoms with Gasteiger partial charge in [0.25, 0.3) is 5.91 Å². The third kappa shape index (κ3) is 4.09. The van der Waals surface area contributed by atoms with E-state index in [4.69, 9.17) is 11.6 Å². The maximum atomic E-state index is 11.9. The number of anilines is 1. The van der Waals surface area contributed by atoms with E-state index in [0.29, 0.717) is 11.9 Å². The predicted octanol–water partition coefficient (Wildman–Crippen LogP) is 1.18. The number of rotatable bonds is 6. The van der Waals surface area contributed by atoms with Gasteiger partial charge in [0.15, 0.2) is 0 Å². The molecule has 1 aromatic rings. The summed E-state index contributed by atoms with van der Waals surface area (Å²) < 4.78 is 0. The maximum absolute atomic E-state index is 11.9. The van der Waals surface area contributed by atoms with Gasteiger partial charge in [-0.2, -0.15) is 0 Å². The Hall–Kier alpha value is -1.82. The van der Waals surface area contributed by atoms with Crippen LogP contribution in [0.1, 0.15) is 29.8 Å². The largest absolute Gasteiger partial charge is 0.373 e. The summed E-state index contributed by atoms with van der Waals surface area (Å²) in [6.07, 6.45) is 2.36. The molecular weight excluding hydrogens is 280 g/mol. The van der Waals surface area contributed by atoms with Crippen LogP contribution >= 0.6 is 11.6 Å². The number of carbonyl (C=O) groups is 2. The van der Waals surface area contributed by atoms with E-state index < -0.39 is 0 Å². The van der Waals surface area contributed by atoms with E-state index in [1.165, 1.54) is 0 Å². The highest BCUT2D eigenvalue weighted by Gasteiger charge is 2.23. The first-order valence-electron chi connectivity index (χ1n) is 6.52. The normalized spacial score (nSPS) is 13.7. The lowest BCUT2D eigenvalue weighted by Gasteiger charge is -2.08. The topological polar surface area (TPSA) is 83.1 Å². The van der Waals surface area contributed by atoms with Gasteiger partial charge in [-0.1, -0.05) is 11.6 Å². The van der Waals surface area contributed by atoms with Crippen molar-refractivity contribution in [1.82, 2.24) is 15.6 Å². The Morgan fingerprint density at radius 1 is 1.40 bits per heavy atom. The summed E-state index contributed by atoms with van der Waals surface area (Å²) in [5, 5.41) is 8.62. The highest BCUT2D eigenvalue weighted by Crippen LogP contribution is 2.18. The van der Waals surface area contributed by atoms with Crippen LogP contribution in [-0.2, 0) is 4.79 Å². The summed E-state index contributed by atoms with van der Waals surface area (Å²) in [5.74, 6) is 0.133. The molecule has 1 saturated carbocycles. The molecule has 0 atom stereocenters. The van der Waals surface area contributed by atoms with Gasteiger partial charge in [-0.25, -0.2) is 4.98 Å². The third-order valence-corrected chi connectivity index (χ3v) is 3.20. The number of amides is 2. The molecule has 3 N–H and O–H groups in total. The Morgan fingerprint density at radius 2 is 2.15 bits per heavy atom. The van der Waals surface area contributed by atoms with Gasteiger partial charge >= 0.3 is 0 Å². The van der Waals surface area contributed by atoms with Gasteiger partial charge in [-0.3, -0.25) is 9.59 Å². The summed E-state index contributed by atoms with van der Waals surface area (Å²) in [6.45, 7) is 0.263. The second-order valence-corrected chi connectivity index (χ2v) is 5.03. The van der Waals surface area contributed by atoms with Crippen molar-refractivity contribution >= 4 is 29.2 Å². The molecule has 0 spiro atoms. The number of carbonyl (C=O) groups excluding carboxylic acids is 2. The molecule has 0 unspecified atom stereocenters. The molecule has 1 aliphatic carbocycles. The van der Waals surface area contributed by atoms with Crippen LogP contribution < -0.4 is 16.0 Å². The Labute approximate surface area is 122 Å². The lowest BCUT2D eigenvalue weighted by molar-refractivity contribution is -0.121. The van der Waals surface area contributed by atoms with Crippen molar-refractivity contribution < 1.29 is 9.59 Å². The van der Waals surface area contributed by atoms with Crippen LogP contribution in [0.15, 0.2) is 12.1 Å². The lowest BCUT2D eigenvalue weighted by Crippen LogP contribution is -2.32. The van der Waals surface area contributed by atoms with Crippen LogP contribution in [0, 0.1) is 0 Å². The van der Waals surface area contributed by atoms with E-state index in [1.807, 2.05) is 0 Å². The minimum atomic E-state index is -0.383. The van der Waals surface area contributed by atoms with Crippen molar-refractivity contribution in [3.05, 3.63) is 22.8 Å². The number of aromatic nitrogens is 1. The first kappa shape index (κ1) is 14.6. The quantitative estimate of drug-likeness (QED) is 0.736. The van der Waals surface area contributed by atoms with Gasteiger partial charge < -0.3 is 16.0 Å². The molecule has 20 heavy (non-hydrogen) atoms. The summed E-state index contributed by atoms with van der Waals surface area (Å²) in [6, 6.07) is 3.62. The molecule has 108 valence electrons. The predicted molar refractivity (Wildman–Crippen MR) is 76.9 cm³/mol. The highest BCUT2D eigenvalue weighted by atomic mass is 35.5. The fourth-order valence-corrected chi connectivity index (χ4v) is 1.83. The van der Waals surface area contributed by atoms with E-state index in [0.717, 1.165) is 12.8 Å². The van der Waals surface area contributed by atoms with Gasteiger partial charge in [0.05, 0.1) is 5.02 Å². The van der Waals surface area contributed by atoms with Crippen molar-refractivity contribution in [2.75, 3.05) is 18.9 Å². The zero-order chi connectivity index (χ0) is 14.5. The molecular formula is C13H17ClN4O2. The smallest absolute Gasteiger partial charge is 0.271 e. The minimum Gasteiger partial charge on any atom is -0.373 e. The van der Waals surface area contributed by atoms with Crippen molar-refractivity contribution in [3.8, 4) is 0 Å². The number of pyridine rings is 1. The standard InChI is InChI=1S/C13H17ClN4O2/c1-15-10-5-4-9(14)12(18-10)13(20)16-7-6-11(19)17-8-2-3-8/h4-5,8H,2-3,6-7H2,1H3,(H,15,18)(H,16,20)(H,17,19). The number of hydrogen-bond acceptors (Lipinski definition) is 4. The molecule has 2 amide bonds. The monoisotopic (exact) mass is 296 g/mol.